The highest BCUT2D eigenvalue weighted by molar-refractivity contribution is 5.79. The second kappa shape index (κ2) is 13.2. The number of hydrogen-bond acceptors (Lipinski definition) is 3. The Morgan fingerprint density at radius 3 is 2.73 bits per heavy atom. The van der Waals surface area contributed by atoms with E-state index in [9.17, 15) is 0 Å². The van der Waals surface area contributed by atoms with Crippen molar-refractivity contribution in [3.8, 4) is 5.75 Å². The van der Waals surface area contributed by atoms with Crippen molar-refractivity contribution in [1.82, 2.24) is 15.5 Å². The van der Waals surface area contributed by atoms with Crippen LogP contribution < -0.4 is 15.4 Å². The molecule has 0 saturated heterocycles. The molecule has 0 radical (unpaired) electrons. The Labute approximate surface area is 159 Å². The lowest BCUT2D eigenvalue weighted by atomic mass is 10.2. The Hall–Kier alpha value is -2.01. The van der Waals surface area contributed by atoms with E-state index in [1.165, 1.54) is 6.42 Å². The number of unbranched alkanes of at least 4 members (excludes halogenated alkanes) is 1. The lowest BCUT2D eigenvalue weighted by molar-refractivity contribution is 0.268. The van der Waals surface area contributed by atoms with Crippen LogP contribution in [0, 0.1) is 0 Å². The van der Waals surface area contributed by atoms with E-state index in [-0.39, 0.29) is 0 Å². The largest absolute Gasteiger partial charge is 0.489 e. The smallest absolute Gasteiger partial charge is 0.191 e. The van der Waals surface area contributed by atoms with Crippen molar-refractivity contribution < 1.29 is 4.74 Å². The predicted molar refractivity (Wildman–Crippen MR) is 112 cm³/mol. The summed E-state index contributed by atoms with van der Waals surface area (Å²) >= 11 is 0. The molecule has 26 heavy (non-hydrogen) atoms. The Bertz CT molecular complexity index is 543. The topological polar surface area (TPSA) is 48.9 Å². The summed E-state index contributed by atoms with van der Waals surface area (Å²) in [5, 5.41) is 6.72. The highest BCUT2D eigenvalue weighted by Gasteiger charge is 2.04. The summed E-state index contributed by atoms with van der Waals surface area (Å²) < 4.78 is 5.70. The molecule has 146 valence electrons. The predicted octanol–water partition coefficient (Wildman–Crippen LogP) is 3.43. The molecule has 0 amide bonds. The lowest BCUT2D eigenvalue weighted by Crippen LogP contribution is -2.38. The van der Waals surface area contributed by atoms with Gasteiger partial charge in [-0.25, -0.2) is 4.99 Å². The van der Waals surface area contributed by atoms with Gasteiger partial charge in [-0.15, -0.1) is 0 Å². The van der Waals surface area contributed by atoms with Gasteiger partial charge in [0.25, 0.3) is 0 Å². The van der Waals surface area contributed by atoms with Crippen LogP contribution in [-0.2, 0) is 6.54 Å². The zero-order valence-electron chi connectivity index (χ0n) is 16.9. The van der Waals surface area contributed by atoms with Gasteiger partial charge in [-0.05, 0) is 53.3 Å². The van der Waals surface area contributed by atoms with E-state index in [1.807, 2.05) is 24.3 Å². The maximum absolute atomic E-state index is 5.70. The highest BCUT2D eigenvalue weighted by Crippen LogP contribution is 2.18. The van der Waals surface area contributed by atoms with E-state index in [4.69, 9.17) is 9.73 Å². The fraction of sp³-hybridized carbons (Fsp3) is 0.571. The molecule has 0 aromatic heterocycles. The summed E-state index contributed by atoms with van der Waals surface area (Å²) in [5.41, 5.74) is 1.07. The molecule has 0 bridgehead atoms. The van der Waals surface area contributed by atoms with Gasteiger partial charge in [-0.2, -0.15) is 0 Å². The fourth-order valence-corrected chi connectivity index (χ4v) is 2.38. The average molecular weight is 361 g/mol. The van der Waals surface area contributed by atoms with Crippen molar-refractivity contribution >= 4 is 5.96 Å². The van der Waals surface area contributed by atoms with Gasteiger partial charge in [-0.1, -0.05) is 30.9 Å². The van der Waals surface area contributed by atoms with Crippen molar-refractivity contribution in [1.29, 1.82) is 0 Å². The molecule has 5 nitrogen and oxygen atoms in total. The summed E-state index contributed by atoms with van der Waals surface area (Å²) in [6, 6.07) is 8.61. The third-order valence-corrected chi connectivity index (χ3v) is 4.19. The molecule has 1 aromatic carbocycles. The first-order valence-electron chi connectivity index (χ1n) is 9.62. The third kappa shape index (κ3) is 8.90. The fourth-order valence-electron chi connectivity index (χ4n) is 2.38. The maximum atomic E-state index is 5.70. The number of nitrogens with one attached hydrogen (secondary N) is 2. The molecule has 0 heterocycles. The average Bonchev–Trinajstić information content (AvgIpc) is 2.64. The van der Waals surface area contributed by atoms with Gasteiger partial charge in [-0.3, -0.25) is 0 Å². The number of para-hydroxylation sites is 1. The van der Waals surface area contributed by atoms with Crippen LogP contribution in [0.3, 0.4) is 0 Å². The van der Waals surface area contributed by atoms with Gasteiger partial charge in [0, 0.05) is 24.7 Å². The van der Waals surface area contributed by atoms with Crippen LogP contribution in [-0.4, -0.2) is 50.2 Å². The first-order chi connectivity index (χ1) is 12.6. The summed E-state index contributed by atoms with van der Waals surface area (Å²) in [6.07, 6.45) is 4.06. The van der Waals surface area contributed by atoms with Crippen LogP contribution in [0.5, 0.6) is 5.75 Å². The Kier molecular flexibility index (Phi) is 11.2. The standard InChI is InChI=1S/C21H36N4O/c1-6-16-26-20-13-9-8-12-19(20)17-24-21(22-7-2)23-14-10-11-15-25(5)18(3)4/h6,8-9,12-13,18H,1,7,10-11,14-17H2,2-5H3,(H2,22,23,24). The maximum Gasteiger partial charge on any atom is 0.191 e. The van der Waals surface area contributed by atoms with E-state index >= 15 is 0 Å². The molecular weight excluding hydrogens is 324 g/mol. The Morgan fingerprint density at radius 1 is 1.27 bits per heavy atom. The Balaban J connectivity index is 2.49. The van der Waals surface area contributed by atoms with Gasteiger partial charge in [0.1, 0.15) is 12.4 Å². The minimum Gasteiger partial charge on any atom is -0.489 e. The SMILES string of the molecule is C=CCOc1ccccc1CN=C(NCC)NCCCCN(C)C(C)C. The normalized spacial score (nSPS) is 11.7. The molecule has 0 spiro atoms. The van der Waals surface area contributed by atoms with E-state index in [1.54, 1.807) is 6.08 Å². The molecule has 5 heteroatoms. The molecule has 0 fully saturated rings. The minimum atomic E-state index is 0.504. The molecule has 0 aliphatic heterocycles. The molecule has 1 rings (SSSR count). The molecule has 0 aliphatic rings. The van der Waals surface area contributed by atoms with Gasteiger partial charge >= 0.3 is 0 Å². The molecule has 0 saturated carbocycles. The van der Waals surface area contributed by atoms with E-state index in [0.29, 0.717) is 19.2 Å². The van der Waals surface area contributed by atoms with E-state index in [0.717, 1.165) is 43.3 Å². The van der Waals surface area contributed by atoms with Crippen molar-refractivity contribution in [2.75, 3.05) is 33.3 Å². The van der Waals surface area contributed by atoms with Crippen molar-refractivity contribution in [2.45, 2.75) is 46.2 Å². The number of hydrogen-bond donors (Lipinski definition) is 2. The molecule has 0 aliphatic carbocycles. The molecule has 2 N–H and O–H groups in total. The van der Waals surface area contributed by atoms with E-state index in [2.05, 4.69) is 49.9 Å². The van der Waals surface area contributed by atoms with Gasteiger partial charge < -0.3 is 20.3 Å². The van der Waals surface area contributed by atoms with Crippen molar-refractivity contribution in [3.63, 3.8) is 0 Å². The molecular formula is C21H36N4O. The van der Waals surface area contributed by atoms with Crippen molar-refractivity contribution in [3.05, 3.63) is 42.5 Å². The number of guanidine groups is 1. The van der Waals surface area contributed by atoms with Crippen LogP contribution in [0.25, 0.3) is 0 Å². The third-order valence-electron chi connectivity index (χ3n) is 4.19. The van der Waals surface area contributed by atoms with Crippen LogP contribution in [0.15, 0.2) is 41.9 Å². The van der Waals surface area contributed by atoms with Crippen LogP contribution in [0.1, 0.15) is 39.2 Å². The van der Waals surface area contributed by atoms with E-state index < -0.39 is 0 Å². The second-order valence-electron chi connectivity index (χ2n) is 6.61. The first-order valence-corrected chi connectivity index (χ1v) is 9.62. The number of ether oxygens (including phenoxy) is 1. The summed E-state index contributed by atoms with van der Waals surface area (Å²) in [5.74, 6) is 1.71. The monoisotopic (exact) mass is 360 g/mol. The van der Waals surface area contributed by atoms with Gasteiger partial charge in [0.05, 0.1) is 6.54 Å². The zero-order chi connectivity index (χ0) is 19.2. The molecule has 0 atom stereocenters. The first kappa shape index (κ1) is 22.0. The quantitative estimate of drug-likeness (QED) is 0.259. The summed E-state index contributed by atoms with van der Waals surface area (Å²) in [4.78, 5) is 7.07. The van der Waals surface area contributed by atoms with Crippen molar-refractivity contribution in [2.24, 2.45) is 4.99 Å². The lowest BCUT2D eigenvalue weighted by Gasteiger charge is -2.20. The number of rotatable bonds is 12. The van der Waals surface area contributed by atoms with Crippen LogP contribution >= 0.6 is 0 Å². The Morgan fingerprint density at radius 2 is 2.04 bits per heavy atom. The zero-order valence-corrected chi connectivity index (χ0v) is 16.9. The molecule has 0 unspecified atom stereocenters. The van der Waals surface area contributed by atoms with Gasteiger partial charge in [0.15, 0.2) is 5.96 Å². The molecule has 1 aromatic rings. The summed E-state index contributed by atoms with van der Waals surface area (Å²) in [6.45, 7) is 14.2. The summed E-state index contributed by atoms with van der Waals surface area (Å²) in [7, 11) is 2.18. The highest BCUT2D eigenvalue weighted by atomic mass is 16.5. The minimum absolute atomic E-state index is 0.504. The van der Waals surface area contributed by atoms with Crippen LogP contribution in [0.4, 0.5) is 0 Å². The number of benzene rings is 1. The number of aliphatic imine (C=N–C) groups is 1. The van der Waals surface area contributed by atoms with Gasteiger partial charge in [0.2, 0.25) is 0 Å². The van der Waals surface area contributed by atoms with Crippen LogP contribution in [0.2, 0.25) is 0 Å². The number of nitrogens with zero attached hydrogens (tertiary/aromatic N) is 2. The second-order valence-corrected chi connectivity index (χ2v) is 6.61.